The molecule has 0 aliphatic heterocycles. The van der Waals surface area contributed by atoms with Crippen LogP contribution in [0.4, 0.5) is 0 Å². The molecule has 0 aliphatic carbocycles. The maximum atomic E-state index is 12.0. The molecule has 0 aromatic heterocycles. The van der Waals surface area contributed by atoms with Crippen molar-refractivity contribution >= 4 is 24.7 Å². The minimum absolute atomic E-state index is 0.0111. The van der Waals surface area contributed by atoms with Gasteiger partial charge in [-0.2, -0.15) is 0 Å². The fourth-order valence-corrected chi connectivity index (χ4v) is 8.87. The molecule has 2 aromatic carbocycles. The fourth-order valence-electron chi connectivity index (χ4n) is 4.18. The molecular weight excluding hydrogens is 436 g/mol. The van der Waals surface area contributed by atoms with Gasteiger partial charge in [0.1, 0.15) is 6.61 Å². The first kappa shape index (κ1) is 28.1. The number of esters is 1. The third-order valence-electron chi connectivity index (χ3n) is 6.20. The third-order valence-corrected chi connectivity index (χ3v) is 11.2. The average molecular weight is 481 g/mol. The third kappa shape index (κ3) is 7.41. The lowest BCUT2D eigenvalue weighted by Crippen LogP contribution is -2.66. The van der Waals surface area contributed by atoms with Crippen LogP contribution in [0.5, 0.6) is 0 Å². The van der Waals surface area contributed by atoms with Crippen LogP contribution in [0.2, 0.25) is 5.04 Å². The summed E-state index contributed by atoms with van der Waals surface area (Å²) in [6.07, 6.45) is 4.17. The number of allylic oxidation sites excluding steroid dienone is 1. The monoisotopic (exact) mass is 480 g/mol. The van der Waals surface area contributed by atoms with E-state index >= 15 is 0 Å². The van der Waals surface area contributed by atoms with Crippen LogP contribution in [0.15, 0.2) is 72.3 Å². The van der Waals surface area contributed by atoms with Crippen molar-refractivity contribution < 1.29 is 14.0 Å². The Balaban J connectivity index is 2.09. The van der Waals surface area contributed by atoms with Crippen molar-refractivity contribution in [1.29, 1.82) is 0 Å². The van der Waals surface area contributed by atoms with Crippen LogP contribution in [0.3, 0.4) is 0 Å². The predicted molar refractivity (Wildman–Crippen MR) is 146 cm³/mol. The first-order valence-corrected chi connectivity index (χ1v) is 14.4. The summed E-state index contributed by atoms with van der Waals surface area (Å²) < 4.78 is 12.5. The lowest BCUT2D eigenvalue weighted by Gasteiger charge is -2.43. The summed E-state index contributed by atoms with van der Waals surface area (Å²) in [5.41, 5.74) is 0.630. The van der Waals surface area contributed by atoms with Crippen molar-refractivity contribution in [2.75, 3.05) is 13.2 Å². The zero-order chi connectivity index (χ0) is 25.4. The Labute approximate surface area is 208 Å². The second kappa shape index (κ2) is 12.0. The number of hydrogen-bond donors (Lipinski definition) is 0. The molecule has 0 aliphatic rings. The van der Waals surface area contributed by atoms with E-state index in [1.165, 1.54) is 10.4 Å². The van der Waals surface area contributed by atoms with Gasteiger partial charge in [-0.05, 0) is 67.4 Å². The molecule has 34 heavy (non-hydrogen) atoms. The van der Waals surface area contributed by atoms with Gasteiger partial charge in [0.05, 0.1) is 5.41 Å². The van der Waals surface area contributed by atoms with Crippen molar-refractivity contribution in [2.24, 2.45) is 11.3 Å². The number of rotatable bonds is 10. The Morgan fingerprint density at radius 3 is 1.85 bits per heavy atom. The highest BCUT2D eigenvalue weighted by Gasteiger charge is 2.50. The molecule has 0 heterocycles. The summed E-state index contributed by atoms with van der Waals surface area (Å²) in [6.45, 7) is 18.0. The average Bonchev–Trinajstić information content (AvgIpc) is 2.77. The molecule has 0 bridgehead atoms. The Bertz CT molecular complexity index is 882. The van der Waals surface area contributed by atoms with Gasteiger partial charge in [-0.15, -0.1) is 0 Å². The van der Waals surface area contributed by atoms with Gasteiger partial charge < -0.3 is 9.16 Å². The van der Waals surface area contributed by atoms with Gasteiger partial charge in [-0.1, -0.05) is 94.4 Å². The molecule has 0 saturated carbocycles. The summed E-state index contributed by atoms with van der Waals surface area (Å²) >= 11 is 0. The summed E-state index contributed by atoms with van der Waals surface area (Å²) in [7, 11) is -2.49. The largest absolute Gasteiger partial charge is 0.461 e. The Hall–Kier alpha value is -2.17. The summed E-state index contributed by atoms with van der Waals surface area (Å²) in [6, 6.07) is 21.6. The van der Waals surface area contributed by atoms with Gasteiger partial charge >= 0.3 is 5.97 Å². The second-order valence-corrected chi connectivity index (χ2v) is 15.8. The standard InChI is InChI=1S/C30H44O3Si/c1-24(22-32-28(31)29(3,4)5)16-15-17-25(2)23-33-34(30(6,7)8,26-18-11-9-12-19-26)27-20-13-10-14-21-27/h9-14,16,18-21,25H,15,17,22-23H2,1-8H3/t25-/m0/s1. The molecular formula is C30H44O3Si. The van der Waals surface area contributed by atoms with Crippen LogP contribution in [0.1, 0.15) is 68.2 Å². The van der Waals surface area contributed by atoms with Crippen LogP contribution in [0, 0.1) is 11.3 Å². The van der Waals surface area contributed by atoms with E-state index in [0.29, 0.717) is 12.5 Å². The van der Waals surface area contributed by atoms with E-state index in [-0.39, 0.29) is 11.0 Å². The fraction of sp³-hybridized carbons (Fsp3) is 0.500. The molecule has 0 spiro atoms. The Kier molecular flexibility index (Phi) is 9.90. The van der Waals surface area contributed by atoms with Crippen LogP contribution < -0.4 is 10.4 Å². The molecule has 0 radical (unpaired) electrons. The van der Waals surface area contributed by atoms with Crippen LogP contribution >= 0.6 is 0 Å². The quantitative estimate of drug-likeness (QED) is 0.221. The number of carbonyl (C=O) groups excluding carboxylic acids is 1. The van der Waals surface area contributed by atoms with Crippen LogP contribution in [0.25, 0.3) is 0 Å². The van der Waals surface area contributed by atoms with Gasteiger partial charge in [-0.25, -0.2) is 0 Å². The molecule has 1 atom stereocenters. The molecule has 186 valence electrons. The molecule has 2 rings (SSSR count). The van der Waals surface area contributed by atoms with E-state index < -0.39 is 13.7 Å². The van der Waals surface area contributed by atoms with Gasteiger partial charge in [-0.3, -0.25) is 4.79 Å². The number of hydrogen-bond acceptors (Lipinski definition) is 3. The first-order chi connectivity index (χ1) is 15.9. The van der Waals surface area contributed by atoms with Crippen molar-refractivity contribution in [1.82, 2.24) is 0 Å². The zero-order valence-electron chi connectivity index (χ0n) is 22.5. The van der Waals surface area contributed by atoms with Crippen LogP contribution in [-0.2, 0) is 14.0 Å². The van der Waals surface area contributed by atoms with Gasteiger partial charge in [0.15, 0.2) is 0 Å². The summed E-state index contributed by atoms with van der Waals surface area (Å²) in [4.78, 5) is 12.0. The lowest BCUT2D eigenvalue weighted by molar-refractivity contribution is -0.151. The molecule has 0 unspecified atom stereocenters. The van der Waals surface area contributed by atoms with Crippen LogP contribution in [-0.4, -0.2) is 27.5 Å². The first-order valence-electron chi connectivity index (χ1n) is 12.5. The van der Waals surface area contributed by atoms with Gasteiger partial charge in [0.2, 0.25) is 0 Å². The number of ether oxygens (including phenoxy) is 1. The van der Waals surface area contributed by atoms with Gasteiger partial charge in [0.25, 0.3) is 8.32 Å². The van der Waals surface area contributed by atoms with E-state index in [2.05, 4.69) is 94.4 Å². The highest BCUT2D eigenvalue weighted by molar-refractivity contribution is 6.99. The predicted octanol–water partition coefficient (Wildman–Crippen LogP) is 6.51. The molecule has 2 aromatic rings. The highest BCUT2D eigenvalue weighted by Crippen LogP contribution is 2.37. The maximum Gasteiger partial charge on any atom is 0.311 e. The Morgan fingerprint density at radius 2 is 1.41 bits per heavy atom. The Morgan fingerprint density at radius 1 is 0.912 bits per heavy atom. The van der Waals surface area contributed by atoms with Crippen molar-refractivity contribution in [3.05, 3.63) is 72.3 Å². The topological polar surface area (TPSA) is 35.5 Å². The smallest absolute Gasteiger partial charge is 0.311 e. The van der Waals surface area contributed by atoms with E-state index in [4.69, 9.17) is 9.16 Å². The van der Waals surface area contributed by atoms with Crippen molar-refractivity contribution in [2.45, 2.75) is 73.3 Å². The normalized spacial score (nSPS) is 14.1. The summed E-state index contributed by atoms with van der Waals surface area (Å²) in [5, 5.41) is 2.62. The van der Waals surface area contributed by atoms with E-state index in [1.807, 2.05) is 27.7 Å². The van der Waals surface area contributed by atoms with Crippen molar-refractivity contribution in [3.8, 4) is 0 Å². The minimum Gasteiger partial charge on any atom is -0.461 e. The highest BCUT2D eigenvalue weighted by atomic mass is 28.4. The van der Waals surface area contributed by atoms with E-state index in [9.17, 15) is 4.79 Å². The molecule has 0 fully saturated rings. The number of carbonyl (C=O) groups is 1. The zero-order valence-corrected chi connectivity index (χ0v) is 23.5. The second-order valence-electron chi connectivity index (χ2n) is 11.5. The van der Waals surface area contributed by atoms with Crippen molar-refractivity contribution in [3.63, 3.8) is 0 Å². The van der Waals surface area contributed by atoms with E-state index in [0.717, 1.165) is 25.0 Å². The maximum absolute atomic E-state index is 12.0. The lowest BCUT2D eigenvalue weighted by atomic mass is 9.97. The summed E-state index contributed by atoms with van der Waals surface area (Å²) in [5.74, 6) is 0.259. The minimum atomic E-state index is -2.49. The molecule has 0 saturated heterocycles. The molecule has 3 nitrogen and oxygen atoms in total. The van der Waals surface area contributed by atoms with Gasteiger partial charge in [0, 0.05) is 6.61 Å². The molecule has 0 amide bonds. The SMILES string of the molecule is CC(=CCC[C@H](C)CO[Si](c1ccccc1)(c1ccccc1)C(C)(C)C)COC(=O)C(C)(C)C. The van der Waals surface area contributed by atoms with E-state index in [1.54, 1.807) is 0 Å². The molecule has 4 heteroatoms. The molecule has 0 N–H and O–H groups in total. The number of benzene rings is 2.